The van der Waals surface area contributed by atoms with Gasteiger partial charge in [0.05, 0.1) is 35.7 Å². The fourth-order valence-corrected chi connectivity index (χ4v) is 7.96. The predicted octanol–water partition coefficient (Wildman–Crippen LogP) is 5.39. The molecule has 0 saturated heterocycles. The fraction of sp³-hybridized carbons (Fsp3) is 0.442. The van der Waals surface area contributed by atoms with E-state index in [0.717, 1.165) is 5.56 Å². The molecule has 6 unspecified atom stereocenters. The Balaban J connectivity index is 1.56. The summed E-state index contributed by atoms with van der Waals surface area (Å²) in [6.07, 6.45) is 5.38. The van der Waals surface area contributed by atoms with Crippen molar-refractivity contribution in [2.45, 2.75) is 92.5 Å². The first-order chi connectivity index (χ1) is 26.8. The quantitative estimate of drug-likeness (QED) is 0.281. The number of phenols is 1. The van der Waals surface area contributed by atoms with Crippen molar-refractivity contribution in [2.75, 3.05) is 7.11 Å². The van der Waals surface area contributed by atoms with Crippen LogP contribution in [-0.4, -0.2) is 91.2 Å². The smallest absolute Gasteiger partial charge is 0.312 e. The molecule has 0 saturated carbocycles. The lowest BCUT2D eigenvalue weighted by molar-refractivity contribution is -0.160. The number of Topliss-reactive ketones (excluding diaryl/α,β-unsaturated/α-hetero) is 2. The van der Waals surface area contributed by atoms with Gasteiger partial charge in [0.25, 0.3) is 11.7 Å². The zero-order chi connectivity index (χ0) is 41.8. The summed E-state index contributed by atoms with van der Waals surface area (Å²) in [5.41, 5.74) is 1.26. The van der Waals surface area contributed by atoms with Gasteiger partial charge in [-0.1, -0.05) is 45.9 Å². The molecule has 1 amide bonds. The molecule has 2 aliphatic heterocycles. The monoisotopic (exact) mass is 783 g/mol. The van der Waals surface area contributed by atoms with Gasteiger partial charge >= 0.3 is 11.8 Å². The molecule has 1 aromatic carbocycles. The molecule has 6 rings (SSSR count). The predicted molar refractivity (Wildman–Crippen MR) is 209 cm³/mol. The van der Waals surface area contributed by atoms with Crippen molar-refractivity contribution in [3.63, 3.8) is 0 Å². The number of esters is 1. The van der Waals surface area contributed by atoms with Crippen molar-refractivity contribution >= 4 is 34.8 Å². The van der Waals surface area contributed by atoms with Crippen LogP contribution in [0, 0.1) is 37.5 Å². The van der Waals surface area contributed by atoms with E-state index < -0.39 is 83.1 Å². The number of carbonyl (C=O) groups is 4. The Morgan fingerprint density at radius 2 is 1.67 bits per heavy atom. The van der Waals surface area contributed by atoms with Gasteiger partial charge in [0.2, 0.25) is 5.78 Å². The molecule has 14 nitrogen and oxygen atoms in total. The van der Waals surface area contributed by atoms with Gasteiger partial charge in [-0.2, -0.15) is 0 Å². The van der Waals surface area contributed by atoms with Gasteiger partial charge in [0.1, 0.15) is 40.3 Å². The van der Waals surface area contributed by atoms with E-state index in [4.69, 9.17) is 23.9 Å². The Hall–Kier alpha value is -5.44. The number of aliphatic imine (C=N–C) groups is 1. The van der Waals surface area contributed by atoms with Gasteiger partial charge in [-0.25, -0.2) is 9.98 Å². The molecule has 3 N–H and O–H groups in total. The number of aromatic hydroxyl groups is 1. The number of ether oxygens (including phenoxy) is 4. The van der Waals surface area contributed by atoms with Gasteiger partial charge in [-0.15, -0.1) is 0 Å². The molecule has 57 heavy (non-hydrogen) atoms. The van der Waals surface area contributed by atoms with Crippen LogP contribution in [0.3, 0.4) is 0 Å². The van der Waals surface area contributed by atoms with Gasteiger partial charge < -0.3 is 34.3 Å². The van der Waals surface area contributed by atoms with Crippen LogP contribution < -0.4 is 4.74 Å². The normalized spacial score (nSPS) is 31.5. The molecular weight excluding hydrogens is 734 g/mol. The number of allylic oxidation sites excluding steroid dienone is 2. The van der Waals surface area contributed by atoms with E-state index >= 15 is 0 Å². The van der Waals surface area contributed by atoms with E-state index in [2.05, 4.69) is 4.99 Å². The third-order valence-electron chi connectivity index (χ3n) is 11.4. The number of ketones is 2. The first-order valence-corrected chi connectivity index (χ1v) is 18.9. The minimum atomic E-state index is -1.99. The van der Waals surface area contributed by atoms with Crippen molar-refractivity contribution in [2.24, 2.45) is 28.7 Å². The lowest BCUT2D eigenvalue weighted by Crippen LogP contribution is -2.46. The summed E-state index contributed by atoms with van der Waals surface area (Å²) in [7, 11) is 1.45. The molecule has 302 valence electrons. The molecular formula is C43H49N3O11. The molecule has 14 heteroatoms. The number of nitrogens with zero attached hydrogens (tertiary/aromatic N) is 3. The summed E-state index contributed by atoms with van der Waals surface area (Å²) < 4.78 is 25.4. The Kier molecular flexibility index (Phi) is 11.2. The second-order valence-corrected chi connectivity index (χ2v) is 15.5. The summed E-state index contributed by atoms with van der Waals surface area (Å²) in [4.78, 5) is 64.2. The van der Waals surface area contributed by atoms with Crippen LogP contribution in [0.2, 0.25) is 0 Å². The number of carbonyl (C=O) groups excluding carboxylic acids is 4. The summed E-state index contributed by atoms with van der Waals surface area (Å²) in [6.45, 7) is 14.5. The molecule has 2 aromatic heterocycles. The summed E-state index contributed by atoms with van der Waals surface area (Å²) >= 11 is 0. The minimum Gasteiger partial charge on any atom is -0.507 e. The number of methoxy groups -OCH3 is 1. The van der Waals surface area contributed by atoms with Crippen molar-refractivity contribution in [3.05, 3.63) is 82.4 Å². The van der Waals surface area contributed by atoms with Crippen LogP contribution in [-0.2, 0) is 23.8 Å². The van der Waals surface area contributed by atoms with Crippen molar-refractivity contribution in [1.82, 2.24) is 9.38 Å². The average molecular weight is 784 g/mol. The maximum absolute atomic E-state index is 14.5. The number of aryl methyl sites for hydroxylation is 1. The molecule has 3 aromatic rings. The zero-order valence-corrected chi connectivity index (χ0v) is 33.7. The number of pyridine rings is 1. The SMILES string of the molecule is CO[C@H]1/C=C/O[C@@]2(C)Oc3c(C)c(O)c4c(c3C2=O)-c2nc3cc(C)ccn3c2C(=NC(=O)/C(C)=C\C=C\C(C)C(O)C(C)C(O)C(C)C(OC(C)=O)[C@@H]1C)C4=O. The maximum Gasteiger partial charge on any atom is 0.312 e. The minimum absolute atomic E-state index is 0.00776. The molecule has 0 spiro atoms. The molecule has 1 aliphatic carbocycles. The van der Waals surface area contributed by atoms with Gasteiger partial charge in [-0.3, -0.25) is 23.6 Å². The van der Waals surface area contributed by atoms with Crippen LogP contribution >= 0.6 is 0 Å². The van der Waals surface area contributed by atoms with E-state index in [9.17, 15) is 34.5 Å². The fourth-order valence-electron chi connectivity index (χ4n) is 7.96. The highest BCUT2D eigenvalue weighted by Crippen LogP contribution is 2.52. The molecule has 0 radical (unpaired) electrons. The third-order valence-corrected chi connectivity index (χ3v) is 11.4. The third kappa shape index (κ3) is 7.10. The van der Waals surface area contributed by atoms with Gasteiger partial charge in [-0.05, 0) is 44.5 Å². The van der Waals surface area contributed by atoms with Gasteiger partial charge in [0.15, 0.2) is 0 Å². The van der Waals surface area contributed by atoms with Crippen molar-refractivity contribution in [3.8, 4) is 22.8 Å². The largest absolute Gasteiger partial charge is 0.507 e. The van der Waals surface area contributed by atoms with Crippen LogP contribution in [0.15, 0.2) is 59.5 Å². The van der Waals surface area contributed by atoms with E-state index in [0.29, 0.717) is 5.65 Å². The molecule has 0 fully saturated rings. The summed E-state index contributed by atoms with van der Waals surface area (Å²) in [5.74, 6) is -7.67. The van der Waals surface area contributed by atoms with Crippen LogP contribution in [0.4, 0.5) is 0 Å². The van der Waals surface area contributed by atoms with Gasteiger partial charge in [0, 0.05) is 67.5 Å². The lowest BCUT2D eigenvalue weighted by atomic mass is 9.78. The number of hydrogen-bond donors (Lipinski definition) is 3. The number of rotatable bonds is 2. The van der Waals surface area contributed by atoms with Crippen LogP contribution in [0.5, 0.6) is 11.5 Å². The standard InChI is InChI=1S/C43H49N3O11/c1-19-14-16-46-28(18-19)44-32-29-30-37(50)25(7)40-31(29)41(52)43(9,57-40)55-17-15-27(54-10)22(4)39(56-26(8)47)24(6)36(49)23(5)35(48)20(2)12-11-13-21(3)42(53)45-33(34(32)46)38(30)51/h11-18,20,22-24,27,35-36,39,48-50H,1-10H3/b12-11+,17-15+,21-13-,45-33?/t20?,22-,23?,24?,27+,35?,36?,39?,43+/m1/s1. The maximum atomic E-state index is 14.5. The highest BCUT2D eigenvalue weighted by Gasteiger charge is 2.52. The molecule has 4 heterocycles. The first-order valence-electron chi connectivity index (χ1n) is 18.9. The van der Waals surface area contributed by atoms with Crippen LogP contribution in [0.1, 0.15) is 86.0 Å². The second kappa shape index (κ2) is 15.5. The van der Waals surface area contributed by atoms with E-state index in [1.165, 1.54) is 53.2 Å². The Morgan fingerprint density at radius 3 is 2.33 bits per heavy atom. The van der Waals surface area contributed by atoms with Crippen molar-refractivity contribution in [1.29, 1.82) is 0 Å². The zero-order valence-electron chi connectivity index (χ0n) is 33.7. The highest BCUT2D eigenvalue weighted by molar-refractivity contribution is 6.56. The number of aromatic nitrogens is 2. The molecule has 5 bridgehead atoms. The summed E-state index contributed by atoms with van der Waals surface area (Å²) in [6, 6.07) is 3.57. The number of benzene rings is 1. The molecule has 9 atom stereocenters. The van der Waals surface area contributed by atoms with E-state index in [1.807, 2.05) is 6.92 Å². The lowest BCUT2D eigenvalue weighted by Gasteiger charge is -2.38. The number of phenolic OH excluding ortho intramolecular Hbond substituents is 1. The topological polar surface area (TPSA) is 196 Å². The Bertz CT molecular complexity index is 2300. The number of hydrogen-bond acceptors (Lipinski definition) is 12. The van der Waals surface area contributed by atoms with Crippen molar-refractivity contribution < 1.29 is 53.4 Å². The van der Waals surface area contributed by atoms with E-state index in [-0.39, 0.29) is 50.7 Å². The second-order valence-electron chi connectivity index (χ2n) is 15.5. The van der Waals surface area contributed by atoms with E-state index in [1.54, 1.807) is 62.6 Å². The number of aliphatic hydroxyl groups is 2. The van der Waals surface area contributed by atoms with Crippen LogP contribution in [0.25, 0.3) is 16.9 Å². The number of imidazole rings is 1. The Morgan fingerprint density at radius 1 is 0.965 bits per heavy atom. The summed E-state index contributed by atoms with van der Waals surface area (Å²) in [5, 5.41) is 34.5. The average Bonchev–Trinajstić information content (AvgIpc) is 3.67. The highest BCUT2D eigenvalue weighted by atomic mass is 16.7. The Labute approximate surface area is 330 Å². The number of aliphatic hydroxyl groups excluding tert-OH is 2. The number of fused-ring (bicyclic) bond motifs is 6. The molecule has 3 aliphatic rings. The number of amides is 1. The first kappa shape index (κ1) is 41.2.